The number of anilines is 1. The van der Waals surface area contributed by atoms with Gasteiger partial charge in [0.1, 0.15) is 16.4 Å². The summed E-state index contributed by atoms with van der Waals surface area (Å²) < 4.78 is 23.7. The number of esters is 1. The Morgan fingerprint density at radius 2 is 1.74 bits per heavy atom. The molecule has 0 saturated carbocycles. The zero-order chi connectivity index (χ0) is 22.1. The summed E-state index contributed by atoms with van der Waals surface area (Å²) in [5, 5.41) is 0.527. The molecular weight excluding hydrogens is 421 g/mol. The molecule has 0 saturated heterocycles. The van der Waals surface area contributed by atoms with Crippen molar-refractivity contribution >= 4 is 38.5 Å². The lowest BCUT2D eigenvalue weighted by molar-refractivity contribution is 0.0596. The van der Waals surface area contributed by atoms with Crippen LogP contribution in [0.5, 0.6) is 0 Å². The van der Waals surface area contributed by atoms with Crippen molar-refractivity contribution in [2.24, 2.45) is 0 Å². The second-order valence-corrected chi connectivity index (χ2v) is 7.73. The van der Waals surface area contributed by atoms with Gasteiger partial charge in [0.15, 0.2) is 5.58 Å². The van der Waals surface area contributed by atoms with Gasteiger partial charge < -0.3 is 14.1 Å². The van der Waals surface area contributed by atoms with E-state index in [4.69, 9.17) is 4.42 Å². The van der Waals surface area contributed by atoms with E-state index < -0.39 is 11.6 Å². The minimum absolute atomic E-state index is 0.209. The van der Waals surface area contributed by atoms with E-state index in [0.29, 0.717) is 26.4 Å². The second kappa shape index (κ2) is 8.16. The number of rotatable bonds is 4. The van der Waals surface area contributed by atoms with E-state index in [-0.39, 0.29) is 22.9 Å². The van der Waals surface area contributed by atoms with Crippen molar-refractivity contribution in [3.8, 4) is 11.1 Å². The van der Waals surface area contributed by atoms with Crippen molar-refractivity contribution in [3.05, 3.63) is 88.0 Å². The number of ether oxygens (including phenoxy) is 1. The number of amides is 1. The van der Waals surface area contributed by atoms with Crippen LogP contribution in [-0.2, 0) is 4.74 Å². The van der Waals surface area contributed by atoms with Crippen LogP contribution in [0, 0.1) is 5.82 Å². The molecule has 2 heterocycles. The maximum absolute atomic E-state index is 13.3. The van der Waals surface area contributed by atoms with Crippen LogP contribution in [0.3, 0.4) is 0 Å². The van der Waals surface area contributed by atoms with E-state index >= 15 is 0 Å². The molecule has 1 amide bonds. The molecule has 0 aliphatic rings. The number of halogens is 1. The number of carbonyl (C=O) groups excluding carboxylic acids is 2. The van der Waals surface area contributed by atoms with Gasteiger partial charge in [0.2, 0.25) is 0 Å². The highest BCUT2D eigenvalue weighted by Crippen LogP contribution is 2.34. The van der Waals surface area contributed by atoms with Gasteiger partial charge in [-0.3, -0.25) is 4.79 Å². The summed E-state index contributed by atoms with van der Waals surface area (Å²) >= 11 is 1.20. The van der Waals surface area contributed by atoms with Crippen molar-refractivity contribution in [1.29, 1.82) is 0 Å². The van der Waals surface area contributed by atoms with Gasteiger partial charge in [-0.05, 0) is 35.4 Å². The highest BCUT2D eigenvalue weighted by molar-refractivity contribution is 7.22. The summed E-state index contributed by atoms with van der Waals surface area (Å²) in [6.45, 7) is 0. The third kappa shape index (κ3) is 3.85. The summed E-state index contributed by atoms with van der Waals surface area (Å²) in [5.74, 6) is -1.44. The standard InChI is InChI=1S/C23H16FNO5S/c1-25(20-12-18-19(31-20)11-17(22(27)29-2)23(28)30-18)21(26)16-6-4-3-5-15(16)13-7-9-14(24)10-8-13/h3-12H,1-2H3. The van der Waals surface area contributed by atoms with Crippen LogP contribution >= 0.6 is 11.3 Å². The van der Waals surface area contributed by atoms with Crippen LogP contribution < -0.4 is 10.5 Å². The van der Waals surface area contributed by atoms with Gasteiger partial charge in [-0.1, -0.05) is 30.3 Å². The molecule has 0 N–H and O–H groups in total. The molecule has 0 bridgehead atoms. The fraction of sp³-hybridized carbons (Fsp3) is 0.0870. The Kier molecular flexibility index (Phi) is 5.39. The molecule has 0 aliphatic carbocycles. The normalized spacial score (nSPS) is 10.8. The van der Waals surface area contributed by atoms with Crippen LogP contribution in [-0.4, -0.2) is 26.0 Å². The Bertz CT molecular complexity index is 1360. The van der Waals surface area contributed by atoms with E-state index in [1.807, 2.05) is 0 Å². The molecule has 2 aromatic heterocycles. The van der Waals surface area contributed by atoms with Crippen LogP contribution in [0.15, 0.2) is 69.9 Å². The summed E-state index contributed by atoms with van der Waals surface area (Å²) in [4.78, 5) is 38.5. The van der Waals surface area contributed by atoms with Crippen LogP contribution in [0.1, 0.15) is 20.7 Å². The number of nitrogens with zero attached hydrogens (tertiary/aromatic N) is 1. The number of thiophene rings is 1. The van der Waals surface area contributed by atoms with Crippen molar-refractivity contribution in [2.75, 3.05) is 19.1 Å². The molecule has 0 unspecified atom stereocenters. The quantitative estimate of drug-likeness (QED) is 0.432. The number of fused-ring (bicyclic) bond motifs is 1. The lowest BCUT2D eigenvalue weighted by Crippen LogP contribution is -2.25. The number of hydrogen-bond acceptors (Lipinski definition) is 6. The SMILES string of the molecule is COC(=O)c1cc2sc(N(C)C(=O)c3ccccc3-c3ccc(F)cc3)cc2oc1=O. The summed E-state index contributed by atoms with van der Waals surface area (Å²) in [6, 6.07) is 15.9. The summed E-state index contributed by atoms with van der Waals surface area (Å²) in [6.07, 6.45) is 0. The second-order valence-electron chi connectivity index (χ2n) is 6.67. The molecule has 0 radical (unpaired) electrons. The van der Waals surface area contributed by atoms with Crippen molar-refractivity contribution in [1.82, 2.24) is 0 Å². The molecular formula is C23H16FNO5S. The Morgan fingerprint density at radius 3 is 2.45 bits per heavy atom. The Labute approximate surface area is 180 Å². The minimum Gasteiger partial charge on any atom is -0.465 e. The Balaban J connectivity index is 1.72. The van der Waals surface area contributed by atoms with Crippen molar-refractivity contribution < 1.29 is 23.1 Å². The van der Waals surface area contributed by atoms with E-state index in [1.165, 1.54) is 41.5 Å². The molecule has 6 nitrogen and oxygen atoms in total. The smallest absolute Gasteiger partial charge is 0.351 e. The molecule has 156 valence electrons. The highest BCUT2D eigenvalue weighted by atomic mass is 32.1. The molecule has 8 heteroatoms. The fourth-order valence-electron chi connectivity index (χ4n) is 3.15. The van der Waals surface area contributed by atoms with Crippen molar-refractivity contribution in [2.45, 2.75) is 0 Å². The van der Waals surface area contributed by atoms with Gasteiger partial charge >= 0.3 is 11.6 Å². The first-order valence-electron chi connectivity index (χ1n) is 9.18. The van der Waals surface area contributed by atoms with Crippen LogP contribution in [0.2, 0.25) is 0 Å². The molecule has 0 atom stereocenters. The zero-order valence-electron chi connectivity index (χ0n) is 16.5. The maximum Gasteiger partial charge on any atom is 0.351 e. The van der Waals surface area contributed by atoms with Crippen LogP contribution in [0.25, 0.3) is 21.4 Å². The summed E-state index contributed by atoms with van der Waals surface area (Å²) in [7, 11) is 2.78. The number of methoxy groups -OCH3 is 1. The average molecular weight is 437 g/mol. The lowest BCUT2D eigenvalue weighted by atomic mass is 9.99. The minimum atomic E-state index is -0.806. The van der Waals surface area contributed by atoms with E-state index in [1.54, 1.807) is 49.5 Å². The predicted molar refractivity (Wildman–Crippen MR) is 116 cm³/mol. The molecule has 2 aromatic carbocycles. The topological polar surface area (TPSA) is 76.8 Å². The first-order valence-corrected chi connectivity index (χ1v) is 9.99. The first kappa shape index (κ1) is 20.5. The molecule has 31 heavy (non-hydrogen) atoms. The molecule has 0 aliphatic heterocycles. The van der Waals surface area contributed by atoms with Crippen molar-refractivity contribution in [3.63, 3.8) is 0 Å². The number of hydrogen-bond donors (Lipinski definition) is 0. The lowest BCUT2D eigenvalue weighted by Gasteiger charge is -2.17. The monoisotopic (exact) mass is 437 g/mol. The van der Waals surface area contributed by atoms with Gasteiger partial charge in [-0.15, -0.1) is 11.3 Å². The predicted octanol–water partition coefficient (Wildman–Crippen LogP) is 4.72. The molecule has 4 rings (SSSR count). The highest BCUT2D eigenvalue weighted by Gasteiger charge is 2.21. The molecule has 0 spiro atoms. The van der Waals surface area contributed by atoms with E-state index in [2.05, 4.69) is 4.74 Å². The van der Waals surface area contributed by atoms with Gasteiger partial charge in [-0.25, -0.2) is 14.0 Å². The molecule has 4 aromatic rings. The zero-order valence-corrected chi connectivity index (χ0v) is 17.4. The number of benzene rings is 2. The molecule has 0 fully saturated rings. The van der Waals surface area contributed by atoms with E-state index in [0.717, 1.165) is 0 Å². The summed E-state index contributed by atoms with van der Waals surface area (Å²) in [5.41, 5.74) is 1.07. The number of carbonyl (C=O) groups is 2. The van der Waals surface area contributed by atoms with Crippen LogP contribution in [0.4, 0.5) is 9.39 Å². The maximum atomic E-state index is 13.3. The van der Waals surface area contributed by atoms with E-state index in [9.17, 15) is 18.8 Å². The first-order chi connectivity index (χ1) is 14.9. The van der Waals surface area contributed by atoms with Gasteiger partial charge in [0, 0.05) is 18.7 Å². The largest absolute Gasteiger partial charge is 0.465 e. The average Bonchev–Trinajstić information content (AvgIpc) is 3.20. The van der Waals surface area contributed by atoms with Gasteiger partial charge in [0.25, 0.3) is 5.91 Å². The fourth-order valence-corrected chi connectivity index (χ4v) is 4.14. The third-order valence-electron chi connectivity index (χ3n) is 4.76. The van der Waals surface area contributed by atoms with Gasteiger partial charge in [0.05, 0.1) is 11.8 Å². The Morgan fingerprint density at radius 1 is 1.03 bits per heavy atom. The Hall–Kier alpha value is -3.78. The van der Waals surface area contributed by atoms with Gasteiger partial charge in [-0.2, -0.15) is 0 Å². The third-order valence-corrected chi connectivity index (χ3v) is 5.90.